The fourth-order valence-corrected chi connectivity index (χ4v) is 14.6. The Balaban J connectivity index is 1.02. The van der Waals surface area contributed by atoms with Gasteiger partial charge in [0, 0.05) is 22.3 Å². The molecule has 12 atom stereocenters. The smallest absolute Gasteiger partial charge is 0.0467 e. The van der Waals surface area contributed by atoms with Gasteiger partial charge in [-0.1, -0.05) is 53.4 Å². The molecule has 0 radical (unpaired) electrons. The predicted molar refractivity (Wildman–Crippen MR) is 168 cm³/mol. The van der Waals surface area contributed by atoms with E-state index in [1.54, 1.807) is 0 Å². The van der Waals surface area contributed by atoms with Gasteiger partial charge in [-0.15, -0.1) is 0 Å². The second kappa shape index (κ2) is 9.42. The SMILES string of the molecule is CC12CCC3C(CCC4CCCCC43C)C1CC/C2=N/N=C1/CCC2C3CCC4CCCCC4(C)C3CCC12C. The summed E-state index contributed by atoms with van der Waals surface area (Å²) in [5.41, 5.74) is 4.96. The van der Waals surface area contributed by atoms with Crippen LogP contribution in [0, 0.1) is 69.0 Å². The Labute approximate surface area is 246 Å². The molecule has 8 saturated carbocycles. The van der Waals surface area contributed by atoms with Crippen molar-refractivity contribution in [2.45, 2.75) is 156 Å². The van der Waals surface area contributed by atoms with Gasteiger partial charge in [0.1, 0.15) is 0 Å². The molecule has 0 bridgehead atoms. The average molecular weight is 545 g/mol. The van der Waals surface area contributed by atoms with Crippen molar-refractivity contribution in [3.8, 4) is 0 Å². The number of nitrogens with zero attached hydrogens (tertiary/aromatic N) is 2. The second-order valence-electron chi connectivity index (χ2n) is 17.9. The largest absolute Gasteiger partial charge is 0.160 e. The number of rotatable bonds is 1. The second-order valence-corrected chi connectivity index (χ2v) is 17.9. The van der Waals surface area contributed by atoms with Crippen LogP contribution in [0.3, 0.4) is 0 Å². The summed E-state index contributed by atoms with van der Waals surface area (Å²) in [5.74, 6) is 7.68. The van der Waals surface area contributed by atoms with E-state index < -0.39 is 0 Å². The van der Waals surface area contributed by atoms with E-state index in [0.717, 1.165) is 47.3 Å². The van der Waals surface area contributed by atoms with Crippen LogP contribution < -0.4 is 0 Å². The van der Waals surface area contributed by atoms with Crippen LogP contribution >= 0.6 is 0 Å². The fraction of sp³-hybridized carbons (Fsp3) is 0.947. The van der Waals surface area contributed by atoms with Gasteiger partial charge in [0.2, 0.25) is 0 Å². The monoisotopic (exact) mass is 544 g/mol. The van der Waals surface area contributed by atoms with Gasteiger partial charge < -0.3 is 0 Å². The quantitative estimate of drug-likeness (QED) is 0.293. The summed E-state index contributed by atoms with van der Waals surface area (Å²) in [6.07, 6.45) is 29.0. The van der Waals surface area contributed by atoms with Crippen LogP contribution in [-0.2, 0) is 0 Å². The molecule has 0 N–H and O–H groups in total. The van der Waals surface area contributed by atoms with Gasteiger partial charge in [0.25, 0.3) is 0 Å². The van der Waals surface area contributed by atoms with Gasteiger partial charge in [0.05, 0.1) is 0 Å². The maximum absolute atomic E-state index is 5.32. The summed E-state index contributed by atoms with van der Waals surface area (Å²) in [6, 6.07) is 0. The normalized spacial score (nSPS) is 57.5. The van der Waals surface area contributed by atoms with Gasteiger partial charge >= 0.3 is 0 Å². The first kappa shape index (κ1) is 26.9. The zero-order valence-corrected chi connectivity index (χ0v) is 26.7. The van der Waals surface area contributed by atoms with Crippen LogP contribution in [0.5, 0.6) is 0 Å². The maximum Gasteiger partial charge on any atom is 0.0467 e. The van der Waals surface area contributed by atoms with Crippen molar-refractivity contribution in [2.75, 3.05) is 0 Å². The molecule has 2 nitrogen and oxygen atoms in total. The minimum atomic E-state index is 0.327. The third kappa shape index (κ3) is 3.64. The lowest BCUT2D eigenvalue weighted by atomic mass is 9.45. The van der Waals surface area contributed by atoms with Crippen molar-refractivity contribution in [1.29, 1.82) is 0 Å². The molecule has 0 aromatic heterocycles. The first-order valence-corrected chi connectivity index (χ1v) is 18.4. The van der Waals surface area contributed by atoms with Gasteiger partial charge in [-0.3, -0.25) is 0 Å². The molecule has 8 rings (SSSR count). The lowest BCUT2D eigenvalue weighted by Crippen LogP contribution is -2.53. The number of hydrogen-bond donors (Lipinski definition) is 0. The van der Waals surface area contributed by atoms with Crippen molar-refractivity contribution >= 4 is 11.4 Å². The van der Waals surface area contributed by atoms with Crippen LogP contribution in [0.25, 0.3) is 0 Å². The molecular weight excluding hydrogens is 484 g/mol. The summed E-state index contributed by atoms with van der Waals surface area (Å²) in [7, 11) is 0. The molecular formula is C38H60N2. The summed E-state index contributed by atoms with van der Waals surface area (Å²) in [5, 5.41) is 10.6. The van der Waals surface area contributed by atoms with Crippen molar-refractivity contribution in [2.24, 2.45) is 79.2 Å². The van der Waals surface area contributed by atoms with Crippen molar-refractivity contribution in [3.05, 3.63) is 0 Å². The lowest BCUT2D eigenvalue weighted by molar-refractivity contribution is -0.0938. The van der Waals surface area contributed by atoms with E-state index in [0.29, 0.717) is 21.7 Å². The fourth-order valence-electron chi connectivity index (χ4n) is 14.6. The molecule has 12 unspecified atom stereocenters. The standard InChI is InChI=1S/C38H60N2/c1-35-21-7-5-9-25(35)11-13-27-29-15-17-33(37(29,3)23-19-31(27)35)39-40-34-18-16-30-28-14-12-26-10-6-8-22-36(26,2)32(28)20-24-38(30,34)4/h25-32H,5-24H2,1-4H3/b39-33-,40-34-. The highest BCUT2D eigenvalue weighted by molar-refractivity contribution is 5.95. The molecule has 0 aliphatic heterocycles. The Morgan fingerprint density at radius 3 is 1.35 bits per heavy atom. The van der Waals surface area contributed by atoms with E-state index in [9.17, 15) is 0 Å². The van der Waals surface area contributed by atoms with Crippen LogP contribution in [0.1, 0.15) is 156 Å². The molecule has 2 heteroatoms. The van der Waals surface area contributed by atoms with E-state index in [-0.39, 0.29) is 0 Å². The van der Waals surface area contributed by atoms with E-state index in [1.165, 1.54) is 140 Å². The summed E-state index contributed by atoms with van der Waals surface area (Å²) < 4.78 is 0. The lowest BCUT2D eigenvalue weighted by Gasteiger charge is -2.60. The summed E-state index contributed by atoms with van der Waals surface area (Å²) >= 11 is 0. The van der Waals surface area contributed by atoms with E-state index in [1.807, 2.05) is 0 Å². The molecule has 8 aliphatic rings. The van der Waals surface area contributed by atoms with Crippen molar-refractivity contribution < 1.29 is 0 Å². The molecule has 0 amide bonds. The molecule has 0 aromatic rings. The molecule has 222 valence electrons. The first-order chi connectivity index (χ1) is 19.3. The molecule has 0 saturated heterocycles. The van der Waals surface area contributed by atoms with Crippen LogP contribution in [0.2, 0.25) is 0 Å². The highest BCUT2D eigenvalue weighted by atomic mass is 15.2. The highest BCUT2D eigenvalue weighted by Gasteiger charge is 2.61. The van der Waals surface area contributed by atoms with Crippen LogP contribution in [0.4, 0.5) is 0 Å². The zero-order valence-electron chi connectivity index (χ0n) is 26.7. The Morgan fingerprint density at radius 2 is 0.900 bits per heavy atom. The minimum absolute atomic E-state index is 0.327. The van der Waals surface area contributed by atoms with Gasteiger partial charge in [0.15, 0.2) is 0 Å². The van der Waals surface area contributed by atoms with E-state index >= 15 is 0 Å². The van der Waals surface area contributed by atoms with Crippen LogP contribution in [-0.4, -0.2) is 11.4 Å². The van der Waals surface area contributed by atoms with Crippen LogP contribution in [0.15, 0.2) is 10.2 Å². The predicted octanol–water partition coefficient (Wildman–Crippen LogP) is 10.6. The average Bonchev–Trinajstić information content (AvgIpc) is 3.47. The number of hydrogen-bond acceptors (Lipinski definition) is 2. The van der Waals surface area contributed by atoms with Gasteiger partial charge in [-0.25, -0.2) is 0 Å². The van der Waals surface area contributed by atoms with Crippen molar-refractivity contribution in [3.63, 3.8) is 0 Å². The first-order valence-electron chi connectivity index (χ1n) is 18.4. The topological polar surface area (TPSA) is 24.7 Å². The maximum atomic E-state index is 5.32. The van der Waals surface area contributed by atoms with Crippen molar-refractivity contribution in [1.82, 2.24) is 0 Å². The Hall–Kier alpha value is -0.660. The molecule has 40 heavy (non-hydrogen) atoms. The molecule has 8 fully saturated rings. The van der Waals surface area contributed by atoms with E-state index in [2.05, 4.69) is 27.7 Å². The molecule has 0 spiro atoms. The number of fused-ring (bicyclic) bond motifs is 10. The zero-order chi connectivity index (χ0) is 27.3. The third-order valence-corrected chi connectivity index (χ3v) is 16.9. The molecule has 8 aliphatic carbocycles. The Bertz CT molecular complexity index is 989. The highest BCUT2D eigenvalue weighted by Crippen LogP contribution is 2.67. The Kier molecular flexibility index (Phi) is 6.34. The van der Waals surface area contributed by atoms with Gasteiger partial charge in [-0.2, -0.15) is 10.2 Å². The minimum Gasteiger partial charge on any atom is -0.160 e. The Morgan fingerprint density at radius 1 is 0.450 bits per heavy atom. The molecule has 0 heterocycles. The third-order valence-electron chi connectivity index (χ3n) is 16.9. The summed E-state index contributed by atoms with van der Waals surface area (Å²) in [4.78, 5) is 0. The van der Waals surface area contributed by atoms with Gasteiger partial charge in [-0.05, 0) is 161 Å². The van der Waals surface area contributed by atoms with E-state index in [4.69, 9.17) is 10.2 Å². The summed E-state index contributed by atoms with van der Waals surface area (Å²) in [6.45, 7) is 10.7. The molecule has 0 aromatic carbocycles.